The third kappa shape index (κ3) is 4.29. The molecule has 1 fully saturated rings. The Bertz CT molecular complexity index is 636. The van der Waals surface area contributed by atoms with Crippen molar-refractivity contribution in [2.75, 3.05) is 33.0 Å². The second-order valence-electron chi connectivity index (χ2n) is 5.36. The van der Waals surface area contributed by atoms with Crippen molar-refractivity contribution in [1.29, 1.82) is 0 Å². The largest absolute Gasteiger partial charge is 0.376 e. The van der Waals surface area contributed by atoms with Gasteiger partial charge in [-0.2, -0.15) is 0 Å². The highest BCUT2D eigenvalue weighted by Gasteiger charge is 2.37. The number of ether oxygens (including phenoxy) is 1. The number of piperidine rings is 1. The minimum Gasteiger partial charge on any atom is -0.376 e. The molecule has 1 aliphatic rings. The van der Waals surface area contributed by atoms with E-state index in [-0.39, 0.29) is 5.91 Å². The fraction of sp³-hybridized carbons (Fsp3) is 0.615. The summed E-state index contributed by atoms with van der Waals surface area (Å²) in [6.45, 7) is 1.19. The van der Waals surface area contributed by atoms with Crippen LogP contribution < -0.4 is 5.32 Å². The Morgan fingerprint density at radius 1 is 1.50 bits per heavy atom. The first-order chi connectivity index (χ1) is 10.3. The summed E-state index contributed by atoms with van der Waals surface area (Å²) in [6, 6.07) is 1.77. The molecule has 1 amide bonds. The first-order valence-electron chi connectivity index (χ1n) is 6.78. The van der Waals surface area contributed by atoms with Crippen molar-refractivity contribution in [2.45, 2.75) is 18.4 Å². The summed E-state index contributed by atoms with van der Waals surface area (Å²) in [5, 5.41) is 4.74. The summed E-state index contributed by atoms with van der Waals surface area (Å²) in [6.07, 6.45) is 2.33. The molecule has 0 radical (unpaired) electrons. The first-order valence-corrected chi connectivity index (χ1v) is 10.3. The Kier molecular flexibility index (Phi) is 5.65. The van der Waals surface area contributed by atoms with Crippen molar-refractivity contribution in [3.63, 3.8) is 0 Å². The lowest BCUT2D eigenvalue weighted by molar-refractivity contribution is -0.0424. The number of hydrogen-bond acceptors (Lipinski definition) is 5. The molecule has 1 aromatic rings. The molecule has 0 bridgehead atoms. The van der Waals surface area contributed by atoms with Crippen LogP contribution in [0.15, 0.2) is 15.9 Å². The lowest BCUT2D eigenvalue weighted by atomic mass is 9.92. The van der Waals surface area contributed by atoms with E-state index in [1.807, 2.05) is 5.38 Å². The summed E-state index contributed by atoms with van der Waals surface area (Å²) in [7, 11) is -1.57. The first kappa shape index (κ1) is 17.9. The van der Waals surface area contributed by atoms with Crippen LogP contribution in [-0.2, 0) is 14.8 Å². The van der Waals surface area contributed by atoms with Gasteiger partial charge in [0.2, 0.25) is 10.0 Å². The maximum Gasteiger partial charge on any atom is 0.261 e. The Morgan fingerprint density at radius 3 is 2.59 bits per heavy atom. The van der Waals surface area contributed by atoms with Crippen LogP contribution in [0.4, 0.5) is 0 Å². The molecule has 1 saturated heterocycles. The lowest BCUT2D eigenvalue weighted by Crippen LogP contribution is -2.52. The third-order valence-electron chi connectivity index (χ3n) is 3.90. The molecule has 0 spiro atoms. The van der Waals surface area contributed by atoms with Gasteiger partial charge in [0.25, 0.3) is 5.91 Å². The minimum absolute atomic E-state index is 0.141. The van der Waals surface area contributed by atoms with Gasteiger partial charge in [-0.05, 0) is 34.8 Å². The van der Waals surface area contributed by atoms with Gasteiger partial charge < -0.3 is 10.1 Å². The van der Waals surface area contributed by atoms with E-state index in [1.54, 1.807) is 13.2 Å². The Morgan fingerprint density at radius 2 is 2.14 bits per heavy atom. The summed E-state index contributed by atoms with van der Waals surface area (Å²) in [4.78, 5) is 12.7. The van der Waals surface area contributed by atoms with Gasteiger partial charge in [0, 0.05) is 36.6 Å². The number of nitrogens with zero attached hydrogens (tertiary/aromatic N) is 1. The molecule has 1 aliphatic heterocycles. The molecule has 124 valence electrons. The van der Waals surface area contributed by atoms with Crippen LogP contribution in [0, 0.1) is 0 Å². The Hall–Kier alpha value is -0.480. The van der Waals surface area contributed by atoms with Gasteiger partial charge in [-0.25, -0.2) is 12.7 Å². The standard InChI is InChI=1S/C13H19BrN2O4S2/c1-20-13(3-5-16(6-4-13)22(2,18)19)9-15-12(17)11-7-10(14)8-21-11/h7-8H,3-6,9H2,1-2H3,(H,15,17). The second-order valence-corrected chi connectivity index (χ2v) is 9.17. The highest BCUT2D eigenvalue weighted by Crippen LogP contribution is 2.27. The fourth-order valence-electron chi connectivity index (χ4n) is 2.44. The Labute approximate surface area is 143 Å². The van der Waals surface area contributed by atoms with Crippen LogP contribution in [-0.4, -0.2) is 57.2 Å². The molecule has 0 saturated carbocycles. The zero-order valence-corrected chi connectivity index (χ0v) is 15.7. The number of sulfonamides is 1. The van der Waals surface area contributed by atoms with Crippen LogP contribution in [0.25, 0.3) is 0 Å². The van der Waals surface area contributed by atoms with Crippen LogP contribution in [0.3, 0.4) is 0 Å². The molecule has 2 rings (SSSR count). The number of rotatable bonds is 5. The molecule has 0 aliphatic carbocycles. The summed E-state index contributed by atoms with van der Waals surface area (Å²) < 4.78 is 31.0. The molecule has 9 heteroatoms. The van der Waals surface area contributed by atoms with Gasteiger partial charge in [0.15, 0.2) is 0 Å². The smallest absolute Gasteiger partial charge is 0.261 e. The van der Waals surface area contributed by atoms with Gasteiger partial charge in [-0.15, -0.1) is 11.3 Å². The molecule has 22 heavy (non-hydrogen) atoms. The van der Waals surface area contributed by atoms with Gasteiger partial charge in [-0.1, -0.05) is 0 Å². The lowest BCUT2D eigenvalue weighted by Gasteiger charge is -2.39. The normalized spacial score (nSPS) is 19.0. The maximum absolute atomic E-state index is 12.1. The maximum atomic E-state index is 12.1. The zero-order valence-electron chi connectivity index (χ0n) is 12.5. The number of hydrogen-bond donors (Lipinski definition) is 1. The molecular formula is C13H19BrN2O4S2. The van der Waals surface area contributed by atoms with E-state index < -0.39 is 15.6 Å². The topological polar surface area (TPSA) is 75.7 Å². The SMILES string of the molecule is COC1(CNC(=O)c2cc(Br)cs2)CCN(S(C)(=O)=O)CC1. The molecule has 6 nitrogen and oxygen atoms in total. The summed E-state index contributed by atoms with van der Waals surface area (Å²) in [5.74, 6) is -0.141. The molecular weight excluding hydrogens is 392 g/mol. The highest BCUT2D eigenvalue weighted by atomic mass is 79.9. The highest BCUT2D eigenvalue weighted by molar-refractivity contribution is 9.10. The van der Waals surface area contributed by atoms with E-state index in [0.717, 1.165) is 4.47 Å². The van der Waals surface area contributed by atoms with E-state index >= 15 is 0 Å². The van der Waals surface area contributed by atoms with Gasteiger partial charge in [0.05, 0.1) is 16.7 Å². The van der Waals surface area contributed by atoms with Crippen molar-refractivity contribution in [3.8, 4) is 0 Å². The van der Waals surface area contributed by atoms with Crippen molar-refractivity contribution in [1.82, 2.24) is 9.62 Å². The monoisotopic (exact) mass is 410 g/mol. The molecule has 0 aromatic carbocycles. The van der Waals surface area contributed by atoms with Crippen molar-refractivity contribution >= 4 is 43.2 Å². The number of nitrogens with one attached hydrogen (secondary N) is 1. The van der Waals surface area contributed by atoms with E-state index in [0.29, 0.717) is 37.4 Å². The molecule has 0 atom stereocenters. The van der Waals surface area contributed by atoms with E-state index in [9.17, 15) is 13.2 Å². The molecule has 0 unspecified atom stereocenters. The van der Waals surface area contributed by atoms with Crippen LogP contribution in [0.2, 0.25) is 0 Å². The van der Waals surface area contributed by atoms with Crippen LogP contribution in [0.1, 0.15) is 22.5 Å². The summed E-state index contributed by atoms with van der Waals surface area (Å²) in [5.41, 5.74) is -0.509. The van der Waals surface area contributed by atoms with Gasteiger partial charge >= 0.3 is 0 Å². The van der Waals surface area contributed by atoms with Gasteiger partial charge in [0.1, 0.15) is 0 Å². The van der Waals surface area contributed by atoms with Crippen molar-refractivity contribution in [3.05, 3.63) is 20.8 Å². The van der Waals surface area contributed by atoms with Crippen LogP contribution in [0.5, 0.6) is 0 Å². The fourth-order valence-corrected chi connectivity index (χ4v) is 4.63. The zero-order chi connectivity index (χ0) is 16.4. The predicted octanol–water partition coefficient (Wildman–Crippen LogP) is 1.68. The average Bonchev–Trinajstić information content (AvgIpc) is 2.91. The predicted molar refractivity (Wildman–Crippen MR) is 89.7 cm³/mol. The minimum atomic E-state index is -3.17. The van der Waals surface area contributed by atoms with E-state index in [4.69, 9.17) is 4.74 Å². The quantitative estimate of drug-likeness (QED) is 0.800. The molecule has 2 heterocycles. The molecule has 1 N–H and O–H groups in total. The van der Waals surface area contributed by atoms with Gasteiger partial charge in [-0.3, -0.25) is 4.79 Å². The van der Waals surface area contributed by atoms with E-state index in [1.165, 1.54) is 21.9 Å². The third-order valence-corrected chi connectivity index (χ3v) is 6.89. The number of thiophene rings is 1. The number of halogens is 1. The number of amides is 1. The number of methoxy groups -OCH3 is 1. The number of carbonyl (C=O) groups excluding carboxylic acids is 1. The van der Waals surface area contributed by atoms with Crippen LogP contribution >= 0.6 is 27.3 Å². The molecule has 1 aromatic heterocycles. The van der Waals surface area contributed by atoms with Crippen molar-refractivity contribution in [2.24, 2.45) is 0 Å². The Balaban J connectivity index is 1.94. The second kappa shape index (κ2) is 6.96. The van der Waals surface area contributed by atoms with Crippen molar-refractivity contribution < 1.29 is 17.9 Å². The van der Waals surface area contributed by atoms with E-state index in [2.05, 4.69) is 21.2 Å². The number of carbonyl (C=O) groups is 1. The average molecular weight is 411 g/mol. The summed E-state index contributed by atoms with van der Waals surface area (Å²) >= 11 is 4.69.